The van der Waals surface area contributed by atoms with Gasteiger partial charge in [-0.1, -0.05) is 23.7 Å². The van der Waals surface area contributed by atoms with Crippen molar-refractivity contribution in [1.82, 2.24) is 4.90 Å². The van der Waals surface area contributed by atoms with Gasteiger partial charge in [-0.05, 0) is 65.4 Å². The second kappa shape index (κ2) is 6.75. The number of rotatable bonds is 3. The Kier molecular flexibility index (Phi) is 5.22. The Morgan fingerprint density at radius 3 is 2.62 bits per heavy atom. The van der Waals surface area contributed by atoms with E-state index < -0.39 is 0 Å². The third-order valence-electron chi connectivity index (χ3n) is 3.39. The van der Waals surface area contributed by atoms with Crippen molar-refractivity contribution in [3.05, 3.63) is 68.0 Å². The molecule has 1 atom stereocenters. The highest BCUT2D eigenvalue weighted by molar-refractivity contribution is 14.1. The Morgan fingerprint density at radius 2 is 2.00 bits per heavy atom. The molecule has 0 saturated heterocycles. The predicted molar refractivity (Wildman–Crippen MR) is 91.1 cm³/mol. The Balaban J connectivity index is 2.26. The first-order valence-electron chi connectivity index (χ1n) is 6.38. The smallest absolute Gasteiger partial charge is 0.255 e. The molecule has 2 aromatic rings. The lowest BCUT2D eigenvalue weighted by Gasteiger charge is -2.26. The van der Waals surface area contributed by atoms with Crippen LogP contribution in [-0.2, 0) is 0 Å². The van der Waals surface area contributed by atoms with E-state index in [1.54, 1.807) is 18.0 Å². The number of hydrogen-bond acceptors (Lipinski definition) is 1. The molecule has 0 radical (unpaired) electrons. The maximum Gasteiger partial charge on any atom is 0.255 e. The summed E-state index contributed by atoms with van der Waals surface area (Å²) in [4.78, 5) is 14.2. The molecule has 0 spiro atoms. The van der Waals surface area contributed by atoms with E-state index >= 15 is 0 Å². The van der Waals surface area contributed by atoms with Crippen LogP contribution in [0.3, 0.4) is 0 Å². The van der Waals surface area contributed by atoms with Crippen LogP contribution in [-0.4, -0.2) is 17.9 Å². The van der Waals surface area contributed by atoms with Gasteiger partial charge in [-0.2, -0.15) is 0 Å². The molecule has 0 aliphatic rings. The molecule has 0 aliphatic carbocycles. The standard InChI is InChI=1S/C16H14ClFINO/c1-10(11-4-3-5-12(17)8-11)20(2)16(21)14-7-6-13(18)9-15(14)19/h3-10H,1-2H3. The van der Waals surface area contributed by atoms with Gasteiger partial charge in [-0.25, -0.2) is 4.39 Å². The fourth-order valence-electron chi connectivity index (χ4n) is 2.02. The van der Waals surface area contributed by atoms with Gasteiger partial charge in [-0.3, -0.25) is 4.79 Å². The van der Waals surface area contributed by atoms with Crippen molar-refractivity contribution < 1.29 is 9.18 Å². The molecule has 2 rings (SSSR count). The maximum atomic E-state index is 13.1. The molecular formula is C16H14ClFINO. The molecular weight excluding hydrogens is 404 g/mol. The van der Waals surface area contributed by atoms with Gasteiger partial charge >= 0.3 is 0 Å². The van der Waals surface area contributed by atoms with E-state index in [9.17, 15) is 9.18 Å². The van der Waals surface area contributed by atoms with E-state index in [1.807, 2.05) is 47.7 Å². The zero-order chi connectivity index (χ0) is 15.6. The normalized spacial score (nSPS) is 12.0. The minimum absolute atomic E-state index is 0.128. The van der Waals surface area contributed by atoms with Gasteiger partial charge in [-0.15, -0.1) is 0 Å². The van der Waals surface area contributed by atoms with E-state index in [1.165, 1.54) is 18.2 Å². The van der Waals surface area contributed by atoms with E-state index in [0.717, 1.165) is 5.56 Å². The number of nitrogens with zero attached hydrogens (tertiary/aromatic N) is 1. The quantitative estimate of drug-likeness (QED) is 0.649. The lowest BCUT2D eigenvalue weighted by molar-refractivity contribution is 0.0741. The van der Waals surface area contributed by atoms with Crippen LogP contribution < -0.4 is 0 Å². The zero-order valence-electron chi connectivity index (χ0n) is 11.6. The number of carbonyl (C=O) groups is 1. The first-order valence-corrected chi connectivity index (χ1v) is 7.83. The molecule has 2 aromatic carbocycles. The highest BCUT2D eigenvalue weighted by atomic mass is 127. The first-order chi connectivity index (χ1) is 9.90. The van der Waals surface area contributed by atoms with Crippen molar-refractivity contribution in [2.24, 2.45) is 0 Å². The Morgan fingerprint density at radius 1 is 1.29 bits per heavy atom. The van der Waals surface area contributed by atoms with Crippen molar-refractivity contribution in [3.8, 4) is 0 Å². The fourth-order valence-corrected chi connectivity index (χ4v) is 2.93. The summed E-state index contributed by atoms with van der Waals surface area (Å²) in [6.45, 7) is 1.93. The molecule has 0 aromatic heterocycles. The Bertz CT molecular complexity index is 677. The SMILES string of the molecule is CC(c1cccc(Cl)c1)N(C)C(=O)c1ccc(F)cc1I. The van der Waals surface area contributed by atoms with Gasteiger partial charge in [0.25, 0.3) is 5.91 Å². The molecule has 0 saturated carbocycles. The molecule has 110 valence electrons. The summed E-state index contributed by atoms with van der Waals surface area (Å²) in [6.07, 6.45) is 0. The summed E-state index contributed by atoms with van der Waals surface area (Å²) in [6, 6.07) is 11.5. The molecule has 0 bridgehead atoms. The first kappa shape index (κ1) is 16.2. The average molecular weight is 418 g/mol. The maximum absolute atomic E-state index is 13.1. The van der Waals surface area contributed by atoms with Crippen LogP contribution in [0.15, 0.2) is 42.5 Å². The predicted octanol–water partition coefficient (Wildman–Crippen LogP) is 4.92. The minimum Gasteiger partial charge on any atom is -0.335 e. The van der Waals surface area contributed by atoms with Gasteiger partial charge in [0.1, 0.15) is 5.82 Å². The summed E-state index contributed by atoms with van der Waals surface area (Å²) in [7, 11) is 1.73. The third kappa shape index (κ3) is 3.74. The highest BCUT2D eigenvalue weighted by Crippen LogP contribution is 2.24. The van der Waals surface area contributed by atoms with E-state index in [4.69, 9.17) is 11.6 Å². The van der Waals surface area contributed by atoms with E-state index in [0.29, 0.717) is 14.2 Å². The number of carbonyl (C=O) groups excluding carboxylic acids is 1. The fraction of sp³-hybridized carbons (Fsp3) is 0.188. The Hall–Kier alpha value is -1.14. The van der Waals surface area contributed by atoms with Crippen molar-refractivity contribution in [3.63, 3.8) is 0 Å². The van der Waals surface area contributed by atoms with E-state index in [2.05, 4.69) is 0 Å². The molecule has 1 amide bonds. The molecule has 21 heavy (non-hydrogen) atoms. The van der Waals surface area contributed by atoms with Crippen molar-refractivity contribution in [2.45, 2.75) is 13.0 Å². The van der Waals surface area contributed by atoms with Gasteiger partial charge in [0, 0.05) is 15.6 Å². The van der Waals surface area contributed by atoms with Crippen molar-refractivity contribution in [2.75, 3.05) is 7.05 Å². The number of halogens is 3. The second-order valence-electron chi connectivity index (χ2n) is 4.77. The molecule has 2 nitrogen and oxygen atoms in total. The van der Waals surface area contributed by atoms with Gasteiger partial charge in [0.15, 0.2) is 0 Å². The minimum atomic E-state index is -0.346. The summed E-state index contributed by atoms with van der Waals surface area (Å²) >= 11 is 7.96. The van der Waals surface area contributed by atoms with Gasteiger partial charge < -0.3 is 4.90 Å². The monoisotopic (exact) mass is 417 g/mol. The third-order valence-corrected chi connectivity index (χ3v) is 4.52. The molecule has 1 unspecified atom stereocenters. The lowest BCUT2D eigenvalue weighted by Crippen LogP contribution is -2.30. The Labute approximate surface area is 142 Å². The van der Waals surface area contributed by atoms with E-state index in [-0.39, 0.29) is 17.8 Å². The lowest BCUT2D eigenvalue weighted by atomic mass is 10.1. The van der Waals surface area contributed by atoms with Gasteiger partial charge in [0.05, 0.1) is 11.6 Å². The summed E-state index contributed by atoms with van der Waals surface area (Å²) in [5, 5.41) is 0.636. The summed E-state index contributed by atoms with van der Waals surface area (Å²) < 4.78 is 13.7. The van der Waals surface area contributed by atoms with Crippen LogP contribution >= 0.6 is 34.2 Å². The average Bonchev–Trinajstić information content (AvgIpc) is 2.45. The van der Waals surface area contributed by atoms with Crippen molar-refractivity contribution >= 4 is 40.1 Å². The molecule has 0 fully saturated rings. The number of amides is 1. The largest absolute Gasteiger partial charge is 0.335 e. The topological polar surface area (TPSA) is 20.3 Å². The molecule has 0 aliphatic heterocycles. The molecule has 0 N–H and O–H groups in total. The molecule has 0 heterocycles. The van der Waals surface area contributed by atoms with Crippen LogP contribution in [0.5, 0.6) is 0 Å². The van der Waals surface area contributed by atoms with Crippen LogP contribution in [0.2, 0.25) is 5.02 Å². The second-order valence-corrected chi connectivity index (χ2v) is 6.37. The summed E-state index contributed by atoms with van der Waals surface area (Å²) in [5.74, 6) is -0.492. The van der Waals surface area contributed by atoms with Gasteiger partial charge in [0.2, 0.25) is 0 Å². The van der Waals surface area contributed by atoms with Crippen LogP contribution in [0, 0.1) is 9.39 Å². The zero-order valence-corrected chi connectivity index (χ0v) is 14.5. The van der Waals surface area contributed by atoms with Crippen LogP contribution in [0.25, 0.3) is 0 Å². The number of benzene rings is 2. The van der Waals surface area contributed by atoms with Crippen LogP contribution in [0.4, 0.5) is 4.39 Å². The molecule has 5 heteroatoms. The summed E-state index contributed by atoms with van der Waals surface area (Å²) in [5.41, 5.74) is 1.45. The van der Waals surface area contributed by atoms with Crippen LogP contribution in [0.1, 0.15) is 28.9 Å². The van der Waals surface area contributed by atoms with Crippen molar-refractivity contribution in [1.29, 1.82) is 0 Å². The highest BCUT2D eigenvalue weighted by Gasteiger charge is 2.21. The number of hydrogen-bond donors (Lipinski definition) is 0.